The second-order valence-corrected chi connectivity index (χ2v) is 5.86. The number of ether oxygens (including phenoxy) is 4. The van der Waals surface area contributed by atoms with Crippen molar-refractivity contribution in [2.24, 2.45) is 0 Å². The molecule has 156 valence electrons. The van der Waals surface area contributed by atoms with Crippen LogP contribution in [0.4, 0.5) is 5.69 Å². The van der Waals surface area contributed by atoms with E-state index in [1.54, 1.807) is 42.5 Å². The molecule has 0 saturated heterocycles. The molecule has 0 atom stereocenters. The number of amides is 1. The summed E-state index contributed by atoms with van der Waals surface area (Å²) in [7, 11) is 2.70. The minimum Gasteiger partial charge on any atom is -0.494 e. The third-order valence-electron chi connectivity index (χ3n) is 3.84. The van der Waals surface area contributed by atoms with Gasteiger partial charge in [0.1, 0.15) is 17.4 Å². The van der Waals surface area contributed by atoms with Crippen molar-refractivity contribution in [1.82, 2.24) is 0 Å². The van der Waals surface area contributed by atoms with E-state index in [0.29, 0.717) is 35.1 Å². The summed E-state index contributed by atoms with van der Waals surface area (Å²) in [5.74, 6) is 0.199. The van der Waals surface area contributed by atoms with Crippen LogP contribution in [0.25, 0.3) is 6.08 Å². The SMILES string of the molecule is CCOc1cccc(NC(=O)C(C#N)=Cc2ccc(OCC(=O)OC)c(OC)c2)c1. The van der Waals surface area contributed by atoms with Crippen LogP contribution in [0, 0.1) is 11.3 Å². The summed E-state index contributed by atoms with van der Waals surface area (Å²) >= 11 is 0. The fourth-order valence-electron chi connectivity index (χ4n) is 2.43. The number of rotatable bonds is 9. The lowest BCUT2D eigenvalue weighted by atomic mass is 10.1. The van der Waals surface area contributed by atoms with Gasteiger partial charge in [0.25, 0.3) is 5.91 Å². The smallest absolute Gasteiger partial charge is 0.343 e. The van der Waals surface area contributed by atoms with Crippen molar-refractivity contribution in [3.05, 3.63) is 53.6 Å². The molecule has 0 aromatic heterocycles. The van der Waals surface area contributed by atoms with E-state index in [1.165, 1.54) is 20.3 Å². The number of nitrogens with zero attached hydrogens (tertiary/aromatic N) is 1. The number of carbonyl (C=O) groups excluding carboxylic acids is 2. The lowest BCUT2D eigenvalue weighted by Crippen LogP contribution is -2.13. The Morgan fingerprint density at radius 3 is 2.57 bits per heavy atom. The van der Waals surface area contributed by atoms with Gasteiger partial charge in [0.15, 0.2) is 18.1 Å². The lowest BCUT2D eigenvalue weighted by molar-refractivity contribution is -0.142. The highest BCUT2D eigenvalue weighted by Crippen LogP contribution is 2.29. The van der Waals surface area contributed by atoms with Crippen LogP contribution in [0.2, 0.25) is 0 Å². The summed E-state index contributed by atoms with van der Waals surface area (Å²) in [4.78, 5) is 23.7. The van der Waals surface area contributed by atoms with E-state index in [4.69, 9.17) is 14.2 Å². The second kappa shape index (κ2) is 11.1. The summed E-state index contributed by atoms with van der Waals surface area (Å²) in [5, 5.41) is 12.1. The maximum atomic E-state index is 12.5. The third-order valence-corrected chi connectivity index (χ3v) is 3.84. The van der Waals surface area contributed by atoms with Crippen LogP contribution in [0.15, 0.2) is 48.0 Å². The number of esters is 1. The fraction of sp³-hybridized carbons (Fsp3) is 0.227. The maximum absolute atomic E-state index is 12.5. The topological polar surface area (TPSA) is 107 Å². The lowest BCUT2D eigenvalue weighted by Gasteiger charge is -2.11. The molecule has 8 nitrogen and oxygen atoms in total. The molecule has 0 aliphatic rings. The Balaban J connectivity index is 2.18. The van der Waals surface area contributed by atoms with Crippen LogP contribution in [0.3, 0.4) is 0 Å². The Morgan fingerprint density at radius 2 is 1.90 bits per heavy atom. The Morgan fingerprint density at radius 1 is 1.10 bits per heavy atom. The molecule has 2 aromatic rings. The molecule has 8 heteroatoms. The highest BCUT2D eigenvalue weighted by molar-refractivity contribution is 6.09. The van der Waals surface area contributed by atoms with E-state index >= 15 is 0 Å². The molecule has 1 amide bonds. The summed E-state index contributed by atoms with van der Waals surface area (Å²) in [6.07, 6.45) is 1.42. The summed E-state index contributed by atoms with van der Waals surface area (Å²) < 4.78 is 20.5. The molecule has 2 aromatic carbocycles. The van der Waals surface area contributed by atoms with Crippen LogP contribution in [-0.2, 0) is 14.3 Å². The van der Waals surface area contributed by atoms with Gasteiger partial charge in [-0.2, -0.15) is 5.26 Å². The Bertz CT molecular complexity index is 978. The van der Waals surface area contributed by atoms with Gasteiger partial charge in [0.05, 0.1) is 20.8 Å². The number of hydrogen-bond donors (Lipinski definition) is 1. The standard InChI is InChI=1S/C22H22N2O6/c1-4-29-18-7-5-6-17(12-18)24-22(26)16(13-23)10-15-8-9-19(20(11-15)27-2)30-14-21(25)28-3/h5-12H,4,14H2,1-3H3,(H,24,26). The first kappa shape index (κ1) is 22.3. The zero-order valence-corrected chi connectivity index (χ0v) is 16.9. The number of methoxy groups -OCH3 is 2. The van der Waals surface area contributed by atoms with E-state index in [-0.39, 0.29) is 12.2 Å². The second-order valence-electron chi connectivity index (χ2n) is 5.86. The van der Waals surface area contributed by atoms with Gasteiger partial charge in [-0.1, -0.05) is 12.1 Å². The van der Waals surface area contributed by atoms with Gasteiger partial charge in [-0.15, -0.1) is 0 Å². The fourth-order valence-corrected chi connectivity index (χ4v) is 2.43. The van der Waals surface area contributed by atoms with Crippen molar-refractivity contribution in [2.75, 3.05) is 32.8 Å². The van der Waals surface area contributed by atoms with E-state index in [1.807, 2.05) is 13.0 Å². The minimum absolute atomic E-state index is 0.0953. The van der Waals surface area contributed by atoms with Gasteiger partial charge < -0.3 is 24.3 Å². The van der Waals surface area contributed by atoms with Crippen LogP contribution in [-0.4, -0.2) is 39.3 Å². The van der Waals surface area contributed by atoms with Crippen LogP contribution < -0.4 is 19.5 Å². The van der Waals surface area contributed by atoms with E-state index in [0.717, 1.165) is 0 Å². The van der Waals surface area contributed by atoms with Crippen molar-refractivity contribution in [1.29, 1.82) is 5.26 Å². The highest BCUT2D eigenvalue weighted by Gasteiger charge is 2.12. The third kappa shape index (κ3) is 6.27. The molecule has 0 aliphatic heterocycles. The molecule has 0 saturated carbocycles. The highest BCUT2D eigenvalue weighted by atomic mass is 16.6. The zero-order chi connectivity index (χ0) is 21.9. The molecule has 1 N–H and O–H groups in total. The van der Waals surface area contributed by atoms with Crippen LogP contribution in [0.1, 0.15) is 12.5 Å². The average molecular weight is 410 g/mol. The predicted octanol–water partition coefficient (Wildman–Crippen LogP) is 3.19. The molecule has 0 fully saturated rings. The number of hydrogen-bond acceptors (Lipinski definition) is 7. The molecular weight excluding hydrogens is 388 g/mol. The Hall–Kier alpha value is -3.99. The van der Waals surface area contributed by atoms with Crippen molar-refractivity contribution in [3.63, 3.8) is 0 Å². The molecule has 0 bridgehead atoms. The molecule has 0 aliphatic carbocycles. The Kier molecular flexibility index (Phi) is 8.27. The molecule has 30 heavy (non-hydrogen) atoms. The first-order valence-electron chi connectivity index (χ1n) is 9.04. The number of nitrogens with one attached hydrogen (secondary N) is 1. The monoisotopic (exact) mass is 410 g/mol. The zero-order valence-electron chi connectivity index (χ0n) is 16.9. The molecule has 0 spiro atoms. The van der Waals surface area contributed by atoms with Crippen LogP contribution in [0.5, 0.6) is 17.2 Å². The van der Waals surface area contributed by atoms with Gasteiger partial charge in [0.2, 0.25) is 0 Å². The Labute approximate surface area is 174 Å². The van der Waals surface area contributed by atoms with Crippen molar-refractivity contribution >= 4 is 23.6 Å². The van der Waals surface area contributed by atoms with Crippen LogP contribution >= 0.6 is 0 Å². The first-order valence-corrected chi connectivity index (χ1v) is 9.04. The van der Waals surface area contributed by atoms with Gasteiger partial charge in [-0.05, 0) is 42.8 Å². The quantitative estimate of drug-likeness (QED) is 0.384. The van der Waals surface area contributed by atoms with Gasteiger partial charge in [0, 0.05) is 11.8 Å². The summed E-state index contributed by atoms with van der Waals surface area (Å²) in [5.41, 5.74) is 0.963. The number of carbonyl (C=O) groups is 2. The van der Waals surface area contributed by atoms with Crippen molar-refractivity contribution in [3.8, 4) is 23.3 Å². The van der Waals surface area contributed by atoms with Gasteiger partial charge in [-0.3, -0.25) is 4.79 Å². The first-order chi connectivity index (χ1) is 14.5. The number of nitriles is 1. The number of benzene rings is 2. The van der Waals surface area contributed by atoms with Crippen molar-refractivity contribution < 1.29 is 28.5 Å². The predicted molar refractivity (Wildman–Crippen MR) is 110 cm³/mol. The molecule has 0 unspecified atom stereocenters. The van der Waals surface area contributed by atoms with Gasteiger partial charge in [-0.25, -0.2) is 4.79 Å². The van der Waals surface area contributed by atoms with Crippen molar-refractivity contribution in [2.45, 2.75) is 6.92 Å². The largest absolute Gasteiger partial charge is 0.494 e. The molecular formula is C22H22N2O6. The maximum Gasteiger partial charge on any atom is 0.343 e. The molecule has 0 radical (unpaired) electrons. The van der Waals surface area contributed by atoms with E-state index in [9.17, 15) is 14.9 Å². The number of anilines is 1. The average Bonchev–Trinajstić information content (AvgIpc) is 2.76. The van der Waals surface area contributed by atoms with E-state index in [2.05, 4.69) is 10.1 Å². The molecule has 2 rings (SSSR count). The van der Waals surface area contributed by atoms with Gasteiger partial charge >= 0.3 is 5.97 Å². The summed E-state index contributed by atoms with van der Waals surface area (Å²) in [6.45, 7) is 2.10. The van der Waals surface area contributed by atoms with E-state index < -0.39 is 11.9 Å². The normalized spacial score (nSPS) is 10.5. The minimum atomic E-state index is -0.559. The molecule has 0 heterocycles. The summed E-state index contributed by atoms with van der Waals surface area (Å²) in [6, 6.07) is 13.6.